The van der Waals surface area contributed by atoms with Gasteiger partial charge in [-0.15, -0.1) is 0 Å². The van der Waals surface area contributed by atoms with E-state index in [9.17, 15) is 4.79 Å². The Kier molecular flexibility index (Phi) is 8.55. The van der Waals surface area contributed by atoms with E-state index in [1.807, 2.05) is 14.1 Å². The van der Waals surface area contributed by atoms with Crippen LogP contribution in [0.1, 0.15) is 86.8 Å². The third-order valence-corrected chi connectivity index (χ3v) is 7.18. The summed E-state index contributed by atoms with van der Waals surface area (Å²) in [6.07, 6.45) is 12.3. The van der Waals surface area contributed by atoms with Gasteiger partial charge in [-0.1, -0.05) is 37.5 Å². The first-order valence-corrected chi connectivity index (χ1v) is 11.8. The van der Waals surface area contributed by atoms with Crippen LogP contribution in [-0.4, -0.2) is 42.7 Å². The number of hydrogen-bond donors (Lipinski definition) is 2. The molecule has 0 saturated heterocycles. The Balaban J connectivity index is 1.60. The van der Waals surface area contributed by atoms with Gasteiger partial charge < -0.3 is 15.3 Å². The molecule has 2 aliphatic rings. The number of aliphatic hydroxyl groups excluding tert-OH is 1. The van der Waals surface area contributed by atoms with Crippen LogP contribution in [0.5, 0.6) is 0 Å². The van der Waals surface area contributed by atoms with Crippen LogP contribution in [0.15, 0.2) is 18.2 Å². The van der Waals surface area contributed by atoms with Crippen LogP contribution in [-0.2, 0) is 17.8 Å². The number of carbonyl (C=O) groups excluding carboxylic acids is 1. The van der Waals surface area contributed by atoms with Crippen molar-refractivity contribution in [2.45, 2.75) is 89.1 Å². The Morgan fingerprint density at radius 2 is 1.83 bits per heavy atom. The Labute approximate surface area is 177 Å². The maximum Gasteiger partial charge on any atom is 0.225 e. The molecule has 2 saturated carbocycles. The van der Waals surface area contributed by atoms with Crippen LogP contribution in [0, 0.1) is 5.92 Å². The number of rotatable bonds is 8. The highest BCUT2D eigenvalue weighted by Gasteiger charge is 2.31. The van der Waals surface area contributed by atoms with Crippen molar-refractivity contribution in [2.75, 3.05) is 20.7 Å². The monoisotopic (exact) mass is 400 g/mol. The Hall–Kier alpha value is -1.39. The predicted octanol–water partition coefficient (Wildman–Crippen LogP) is 4.40. The molecule has 0 unspecified atom stereocenters. The van der Waals surface area contributed by atoms with Crippen LogP contribution in [0.3, 0.4) is 0 Å². The van der Waals surface area contributed by atoms with Gasteiger partial charge in [0.2, 0.25) is 5.91 Å². The van der Waals surface area contributed by atoms with Crippen molar-refractivity contribution in [3.63, 3.8) is 0 Å². The SMILES string of the molecule is CNCc1cc(CCCO)ccc1[C@H]1CC[C@H](N(C)C(=O)C2CCCCC2)CC1. The van der Waals surface area contributed by atoms with E-state index in [1.54, 1.807) is 0 Å². The molecule has 0 atom stereocenters. The third kappa shape index (κ3) is 5.82. The quantitative estimate of drug-likeness (QED) is 0.680. The molecule has 2 N–H and O–H groups in total. The summed E-state index contributed by atoms with van der Waals surface area (Å²) in [4.78, 5) is 15.0. The molecule has 0 aromatic heterocycles. The molecule has 29 heavy (non-hydrogen) atoms. The summed E-state index contributed by atoms with van der Waals surface area (Å²) in [6.45, 7) is 1.14. The molecule has 0 spiro atoms. The first kappa shape index (κ1) is 22.3. The number of nitrogens with one attached hydrogen (secondary N) is 1. The van der Waals surface area contributed by atoms with E-state index in [0.29, 0.717) is 17.9 Å². The van der Waals surface area contributed by atoms with Crippen LogP contribution in [0.2, 0.25) is 0 Å². The molecule has 0 aliphatic heterocycles. The summed E-state index contributed by atoms with van der Waals surface area (Å²) in [5, 5.41) is 12.4. The molecule has 162 valence electrons. The molecule has 2 fully saturated rings. The summed E-state index contributed by atoms with van der Waals surface area (Å²) in [6, 6.07) is 7.31. The zero-order chi connectivity index (χ0) is 20.6. The largest absolute Gasteiger partial charge is 0.396 e. The number of nitrogens with zero attached hydrogens (tertiary/aromatic N) is 1. The minimum Gasteiger partial charge on any atom is -0.396 e. The van der Waals surface area contributed by atoms with Crippen LogP contribution >= 0.6 is 0 Å². The van der Waals surface area contributed by atoms with Gasteiger partial charge >= 0.3 is 0 Å². The summed E-state index contributed by atoms with van der Waals surface area (Å²) >= 11 is 0. The second kappa shape index (κ2) is 11.1. The van der Waals surface area contributed by atoms with Gasteiger partial charge in [-0.25, -0.2) is 0 Å². The summed E-state index contributed by atoms with van der Waals surface area (Å²) in [7, 11) is 4.05. The van der Waals surface area contributed by atoms with Crippen LogP contribution in [0.25, 0.3) is 0 Å². The van der Waals surface area contributed by atoms with E-state index in [-0.39, 0.29) is 12.5 Å². The first-order valence-electron chi connectivity index (χ1n) is 11.8. The molecule has 4 nitrogen and oxygen atoms in total. The molecule has 1 aromatic rings. The van der Waals surface area contributed by atoms with Crippen LogP contribution in [0.4, 0.5) is 0 Å². The normalized spacial score (nSPS) is 23.1. The zero-order valence-electron chi connectivity index (χ0n) is 18.5. The first-order chi connectivity index (χ1) is 14.1. The van der Waals surface area contributed by atoms with Gasteiger partial charge in [0.05, 0.1) is 0 Å². The van der Waals surface area contributed by atoms with E-state index in [0.717, 1.165) is 45.1 Å². The van der Waals surface area contributed by atoms with Crippen LogP contribution < -0.4 is 5.32 Å². The van der Waals surface area contributed by atoms with Gasteiger partial charge in [0.1, 0.15) is 0 Å². The average Bonchev–Trinajstić information content (AvgIpc) is 2.78. The fraction of sp³-hybridized carbons (Fsp3) is 0.720. The maximum atomic E-state index is 12.9. The fourth-order valence-corrected chi connectivity index (χ4v) is 5.43. The number of benzene rings is 1. The molecule has 1 amide bonds. The molecule has 1 aromatic carbocycles. The maximum absolute atomic E-state index is 12.9. The predicted molar refractivity (Wildman–Crippen MR) is 119 cm³/mol. The third-order valence-electron chi connectivity index (χ3n) is 7.18. The van der Waals surface area contributed by atoms with Gasteiger partial charge in [0.25, 0.3) is 0 Å². The van der Waals surface area contributed by atoms with E-state index < -0.39 is 0 Å². The number of aryl methyl sites for hydroxylation is 1. The van der Waals surface area contributed by atoms with Gasteiger partial charge in [0.15, 0.2) is 0 Å². The van der Waals surface area contributed by atoms with Crippen molar-refractivity contribution in [1.29, 1.82) is 0 Å². The van der Waals surface area contributed by atoms with Crippen molar-refractivity contribution in [2.24, 2.45) is 5.92 Å². The molecule has 0 bridgehead atoms. The van der Waals surface area contributed by atoms with Gasteiger partial charge in [-0.05, 0) is 81.0 Å². The Morgan fingerprint density at radius 1 is 1.10 bits per heavy atom. The number of amides is 1. The molecular formula is C25H40N2O2. The van der Waals surface area contributed by atoms with Crippen molar-refractivity contribution < 1.29 is 9.90 Å². The standard InChI is InChI=1S/C25H40N2O2/c1-26-18-22-17-19(7-6-16-28)10-15-24(22)20-11-13-23(14-12-20)27(2)25(29)21-8-4-3-5-9-21/h10,15,17,20-21,23,26,28H,3-9,11-14,16,18H2,1-2H3/t20-,23-. The zero-order valence-corrected chi connectivity index (χ0v) is 18.5. The van der Waals surface area contributed by atoms with Gasteiger partial charge in [-0.2, -0.15) is 0 Å². The van der Waals surface area contributed by atoms with Gasteiger partial charge in [0, 0.05) is 32.2 Å². The van der Waals surface area contributed by atoms with Crippen molar-refractivity contribution >= 4 is 5.91 Å². The van der Waals surface area contributed by atoms with Crippen molar-refractivity contribution in [1.82, 2.24) is 10.2 Å². The average molecular weight is 401 g/mol. The second-order valence-electron chi connectivity index (χ2n) is 9.18. The highest BCUT2D eigenvalue weighted by Crippen LogP contribution is 2.37. The number of carbonyl (C=O) groups is 1. The second-order valence-corrected chi connectivity index (χ2v) is 9.18. The minimum atomic E-state index is 0.250. The molecule has 4 heteroatoms. The molecule has 2 aliphatic carbocycles. The lowest BCUT2D eigenvalue weighted by molar-refractivity contribution is -0.138. The number of hydrogen-bond acceptors (Lipinski definition) is 3. The fourth-order valence-electron chi connectivity index (χ4n) is 5.43. The molecule has 0 radical (unpaired) electrons. The lowest BCUT2D eigenvalue weighted by atomic mass is 9.78. The summed E-state index contributed by atoms with van der Waals surface area (Å²) < 4.78 is 0. The molecule has 3 rings (SSSR count). The number of aliphatic hydroxyl groups is 1. The van der Waals surface area contributed by atoms with Crippen molar-refractivity contribution in [3.05, 3.63) is 34.9 Å². The van der Waals surface area contributed by atoms with E-state index in [1.165, 1.54) is 48.8 Å². The topological polar surface area (TPSA) is 52.6 Å². The summed E-state index contributed by atoms with van der Waals surface area (Å²) in [5.41, 5.74) is 4.20. The highest BCUT2D eigenvalue weighted by atomic mass is 16.2. The molecule has 0 heterocycles. The Morgan fingerprint density at radius 3 is 2.48 bits per heavy atom. The molecular weight excluding hydrogens is 360 g/mol. The summed E-state index contributed by atoms with van der Waals surface area (Å²) in [5.74, 6) is 1.28. The van der Waals surface area contributed by atoms with Crippen molar-refractivity contribution in [3.8, 4) is 0 Å². The lowest BCUT2D eigenvalue weighted by Gasteiger charge is -2.37. The highest BCUT2D eigenvalue weighted by molar-refractivity contribution is 5.79. The van der Waals surface area contributed by atoms with E-state index in [2.05, 4.69) is 28.4 Å². The van der Waals surface area contributed by atoms with E-state index in [4.69, 9.17) is 5.11 Å². The Bertz CT molecular complexity index is 646. The minimum absolute atomic E-state index is 0.250. The lowest BCUT2D eigenvalue weighted by Crippen LogP contribution is -2.42. The smallest absolute Gasteiger partial charge is 0.225 e. The van der Waals surface area contributed by atoms with E-state index >= 15 is 0 Å². The van der Waals surface area contributed by atoms with Gasteiger partial charge in [-0.3, -0.25) is 4.79 Å².